The van der Waals surface area contributed by atoms with E-state index in [-0.39, 0.29) is 30.5 Å². The number of aliphatic carboxylic acids is 1. The van der Waals surface area contributed by atoms with E-state index in [1.165, 1.54) is 27.6 Å². The Morgan fingerprint density at radius 3 is 2.24 bits per heavy atom. The number of aliphatic imine (C=N–C) groups is 1. The summed E-state index contributed by atoms with van der Waals surface area (Å²) in [5, 5.41) is 35.5. The fourth-order valence-corrected chi connectivity index (χ4v) is 10.7. The number of nitrogens with zero attached hydrogens (tertiary/aromatic N) is 6. The summed E-state index contributed by atoms with van der Waals surface area (Å²) < 4.78 is 33.9. The van der Waals surface area contributed by atoms with Crippen molar-refractivity contribution in [3.05, 3.63) is 128 Å². The Morgan fingerprint density at radius 2 is 1.60 bits per heavy atom. The smallest absolute Gasteiger partial charge is 0.306 e. The number of carbonyl (C=O) groups is 4. The normalized spacial score (nSPS) is 17.8. The molecule has 0 saturated carbocycles. The van der Waals surface area contributed by atoms with E-state index in [1.807, 2.05) is 56.5 Å². The van der Waals surface area contributed by atoms with Crippen molar-refractivity contribution in [3.8, 4) is 26.6 Å². The van der Waals surface area contributed by atoms with Gasteiger partial charge in [0.05, 0.1) is 45.9 Å². The molecule has 1 saturated heterocycles. The van der Waals surface area contributed by atoms with Crippen LogP contribution in [-0.2, 0) is 14.4 Å². The number of aromatic nitrogens is 4. The number of hydrogen-bond acceptors (Lipinski definition) is 11. The predicted octanol–water partition coefficient (Wildman–Crippen LogP) is 7.98. The minimum absolute atomic E-state index is 0.0362. The molecule has 5 atom stereocenters. The first-order chi connectivity index (χ1) is 31.7. The highest BCUT2D eigenvalue weighted by Crippen LogP contribution is 2.40. The summed E-state index contributed by atoms with van der Waals surface area (Å²) in [5.41, 5.74) is 5.74. The molecule has 3 amide bonds. The number of amides is 3. The molecule has 1 fully saturated rings. The van der Waals surface area contributed by atoms with E-state index in [0.717, 1.165) is 54.8 Å². The number of aliphatic hydroxyl groups excluding tert-OH is 1. The quantitative estimate of drug-likeness (QED) is 0.0997. The zero-order chi connectivity index (χ0) is 48.2. The fourth-order valence-electron chi connectivity index (χ4n) is 8.69. The summed E-state index contributed by atoms with van der Waals surface area (Å²) in [7, 11) is 0. The average molecular weight is 949 g/mol. The standard InChI is InChI=1S/C49H50F2N8O6S2/c1-23-26(4)67-48-39(23)41(54-36(20-38(61)62)44-57-56-27(5)59(44)48)30-13-11-29(12-14-30)34-17-32(50)18-35(40(34)51)45(63)55-43(49(6,7)8)47(65)58-21-33(60)19-37(58)46(64)53-24(2)28-9-15-31(16-10-28)42-25(3)52-22-66-42/h9-18,22,24,33,36-37,43,60H,19-21H2,1-8H3,(H,53,64)(H,55,63)(H,61,62)/t24-,33+,36-,37-,43+/m0/s1. The number of nitrogens with one attached hydrogen (secondary N) is 2. The number of thiazole rings is 1. The van der Waals surface area contributed by atoms with Crippen LogP contribution < -0.4 is 10.6 Å². The van der Waals surface area contributed by atoms with Crippen LogP contribution in [0.15, 0.2) is 71.2 Å². The molecule has 3 aromatic carbocycles. The second-order valence-electron chi connectivity index (χ2n) is 18.2. The lowest BCUT2D eigenvalue weighted by Gasteiger charge is -2.35. The van der Waals surface area contributed by atoms with Gasteiger partial charge in [-0.15, -0.1) is 32.9 Å². The van der Waals surface area contributed by atoms with Gasteiger partial charge in [-0.1, -0.05) is 69.3 Å². The number of rotatable bonds is 11. The van der Waals surface area contributed by atoms with Crippen LogP contribution in [-0.4, -0.2) is 89.0 Å². The van der Waals surface area contributed by atoms with Gasteiger partial charge in [0.15, 0.2) is 5.82 Å². The van der Waals surface area contributed by atoms with Crippen molar-refractivity contribution in [1.82, 2.24) is 35.3 Å². The van der Waals surface area contributed by atoms with E-state index in [2.05, 4.69) is 25.8 Å². The van der Waals surface area contributed by atoms with Gasteiger partial charge in [-0.25, -0.2) is 13.8 Å². The van der Waals surface area contributed by atoms with E-state index in [1.54, 1.807) is 57.5 Å². The molecule has 0 unspecified atom stereocenters. The number of aryl methyl sites for hydroxylation is 3. The molecule has 18 heteroatoms. The highest BCUT2D eigenvalue weighted by Gasteiger charge is 2.45. The fraction of sp³-hybridized carbons (Fsp3) is 0.347. The van der Waals surface area contributed by atoms with Crippen LogP contribution in [0.2, 0.25) is 0 Å². The van der Waals surface area contributed by atoms with Crippen LogP contribution in [0.25, 0.3) is 26.6 Å². The molecular formula is C49H50F2N8O6S2. The van der Waals surface area contributed by atoms with Crippen molar-refractivity contribution in [1.29, 1.82) is 0 Å². The lowest BCUT2D eigenvalue weighted by atomic mass is 9.85. The van der Waals surface area contributed by atoms with Gasteiger partial charge in [-0.05, 0) is 74.4 Å². The highest BCUT2D eigenvalue weighted by molar-refractivity contribution is 7.15. The third-order valence-corrected chi connectivity index (χ3v) is 14.6. The van der Waals surface area contributed by atoms with Crippen molar-refractivity contribution < 1.29 is 38.2 Å². The number of aliphatic hydroxyl groups is 1. The van der Waals surface area contributed by atoms with Crippen LogP contribution in [0.3, 0.4) is 0 Å². The molecule has 6 aromatic rings. The van der Waals surface area contributed by atoms with Gasteiger partial charge < -0.3 is 25.7 Å². The second-order valence-corrected chi connectivity index (χ2v) is 20.2. The van der Waals surface area contributed by atoms with Gasteiger partial charge >= 0.3 is 5.97 Å². The van der Waals surface area contributed by atoms with Gasteiger partial charge in [-0.2, -0.15) is 0 Å². The van der Waals surface area contributed by atoms with E-state index in [4.69, 9.17) is 4.99 Å². The van der Waals surface area contributed by atoms with Crippen LogP contribution in [0.4, 0.5) is 8.78 Å². The minimum Gasteiger partial charge on any atom is -0.481 e. The Kier molecular flexibility index (Phi) is 12.8. The summed E-state index contributed by atoms with van der Waals surface area (Å²) in [6.07, 6.45) is -1.39. The molecule has 5 heterocycles. The molecule has 0 aliphatic carbocycles. The maximum atomic E-state index is 16.6. The van der Waals surface area contributed by atoms with E-state index in [9.17, 15) is 29.4 Å². The van der Waals surface area contributed by atoms with E-state index >= 15 is 8.78 Å². The molecule has 0 radical (unpaired) electrons. The molecule has 3 aromatic heterocycles. The lowest BCUT2D eigenvalue weighted by molar-refractivity contribution is -0.142. The highest BCUT2D eigenvalue weighted by atomic mass is 32.1. The zero-order valence-corrected chi connectivity index (χ0v) is 39.8. The number of halogens is 2. The predicted molar refractivity (Wildman–Crippen MR) is 252 cm³/mol. The topological polar surface area (TPSA) is 192 Å². The van der Waals surface area contributed by atoms with E-state index < -0.39 is 76.6 Å². The molecule has 348 valence electrons. The SMILES string of the molecule is Cc1ncsc1-c1ccc([C@H](C)NC(=O)[C@@H]2C[C@@H](O)CN2C(=O)[C@@H](NC(=O)c2cc(F)cc(-c3ccc(C4=N[C@@H](CC(=O)O)c5nnc(C)n5-c5sc(C)c(C)c54)cc3)c2F)C(C)(C)C)cc1. The first kappa shape index (κ1) is 47.0. The molecule has 0 bridgehead atoms. The van der Waals surface area contributed by atoms with Gasteiger partial charge in [0.1, 0.15) is 40.6 Å². The number of likely N-dealkylation sites (tertiary alicyclic amines) is 1. The number of hydrogen-bond donors (Lipinski definition) is 4. The number of benzene rings is 3. The molecule has 2 aliphatic rings. The second kappa shape index (κ2) is 18.3. The molecule has 0 spiro atoms. The zero-order valence-electron chi connectivity index (χ0n) is 38.1. The summed E-state index contributed by atoms with van der Waals surface area (Å²) in [6.45, 7) is 14.4. The Morgan fingerprint density at radius 1 is 0.925 bits per heavy atom. The van der Waals surface area contributed by atoms with Crippen molar-refractivity contribution in [2.24, 2.45) is 10.4 Å². The average Bonchev–Trinajstić information content (AvgIpc) is 4.05. The molecule has 67 heavy (non-hydrogen) atoms. The van der Waals surface area contributed by atoms with E-state index in [0.29, 0.717) is 22.9 Å². The van der Waals surface area contributed by atoms with Crippen molar-refractivity contribution in [2.75, 3.05) is 6.54 Å². The number of carbonyl (C=O) groups excluding carboxylic acids is 3. The number of carboxylic acids is 1. The molecular weight excluding hydrogens is 899 g/mol. The van der Waals surface area contributed by atoms with Crippen LogP contribution in [0, 0.1) is 44.7 Å². The largest absolute Gasteiger partial charge is 0.481 e. The van der Waals surface area contributed by atoms with Crippen LogP contribution >= 0.6 is 22.7 Å². The maximum Gasteiger partial charge on any atom is 0.306 e. The summed E-state index contributed by atoms with van der Waals surface area (Å²) >= 11 is 3.04. The van der Waals surface area contributed by atoms with Gasteiger partial charge in [-0.3, -0.25) is 28.7 Å². The third-order valence-electron chi connectivity index (χ3n) is 12.4. The minimum atomic E-state index is -1.32. The first-order valence-electron chi connectivity index (χ1n) is 21.7. The third kappa shape index (κ3) is 9.17. The first-order valence-corrected chi connectivity index (χ1v) is 23.4. The molecule has 8 rings (SSSR count). The van der Waals surface area contributed by atoms with Crippen LogP contribution in [0.1, 0.15) is 107 Å². The summed E-state index contributed by atoms with van der Waals surface area (Å²) in [4.78, 5) is 66.8. The number of thiophene rings is 1. The maximum absolute atomic E-state index is 16.6. The Balaban J connectivity index is 1.03. The van der Waals surface area contributed by atoms with Gasteiger partial charge in [0.2, 0.25) is 11.8 Å². The number of β-amino-alcohol motifs (C(OH)–C–C–N with tert-alkyl or cyclic N) is 1. The Hall–Kier alpha value is -6.50. The Labute approximate surface area is 393 Å². The van der Waals surface area contributed by atoms with Crippen molar-refractivity contribution >= 4 is 52.1 Å². The summed E-state index contributed by atoms with van der Waals surface area (Å²) in [5.74, 6) is -4.23. The Bertz CT molecular complexity index is 2960. The van der Waals surface area contributed by atoms with Crippen LogP contribution in [0.5, 0.6) is 0 Å². The molecule has 2 aliphatic heterocycles. The van der Waals surface area contributed by atoms with Gasteiger partial charge in [0.25, 0.3) is 5.91 Å². The van der Waals surface area contributed by atoms with Crippen molar-refractivity contribution in [3.63, 3.8) is 0 Å². The molecule has 14 nitrogen and oxygen atoms in total. The summed E-state index contributed by atoms with van der Waals surface area (Å²) in [6, 6.07) is 12.3. The van der Waals surface area contributed by atoms with Crippen molar-refractivity contribution in [2.45, 2.75) is 98.5 Å². The van der Waals surface area contributed by atoms with Gasteiger partial charge in [0, 0.05) is 34.5 Å². The number of carboxylic acid groups (broad SMARTS) is 1. The number of fused-ring (bicyclic) bond motifs is 3. The monoisotopic (exact) mass is 948 g/mol. The lowest BCUT2D eigenvalue weighted by Crippen LogP contribution is -2.58. The molecule has 4 N–H and O–H groups in total.